The highest BCUT2D eigenvalue weighted by Gasteiger charge is 2.18. The van der Waals surface area contributed by atoms with Gasteiger partial charge in [0.1, 0.15) is 12.4 Å². The first-order valence-corrected chi connectivity index (χ1v) is 5.58. The third kappa shape index (κ3) is 3.06. The van der Waals surface area contributed by atoms with Crippen molar-refractivity contribution in [3.63, 3.8) is 0 Å². The number of hydrogen-bond donors (Lipinski definition) is 0. The number of ether oxygens (including phenoxy) is 1. The van der Waals surface area contributed by atoms with Gasteiger partial charge in [-0.25, -0.2) is 0 Å². The summed E-state index contributed by atoms with van der Waals surface area (Å²) in [6.07, 6.45) is 0.813. The average Bonchev–Trinajstić information content (AvgIpc) is 2.73. The summed E-state index contributed by atoms with van der Waals surface area (Å²) in [5.41, 5.74) is 1.68. The summed E-state index contributed by atoms with van der Waals surface area (Å²) in [7, 11) is 0. The largest absolute Gasteiger partial charge is 0.490 e. The molecule has 0 amide bonds. The zero-order valence-electron chi connectivity index (χ0n) is 9.97. The lowest BCUT2D eigenvalue weighted by molar-refractivity contribution is 0.0471. The number of nitrogens with zero attached hydrogens (tertiary/aromatic N) is 1. The predicted octanol–water partition coefficient (Wildman–Crippen LogP) is 2.43. The van der Waals surface area contributed by atoms with Gasteiger partial charge in [-0.15, -0.1) is 0 Å². The Morgan fingerprint density at radius 1 is 1.47 bits per heavy atom. The first-order chi connectivity index (χ1) is 8.15. The highest BCUT2D eigenvalue weighted by atomic mass is 16.7. The number of ketones is 1. The second-order valence-electron chi connectivity index (χ2n) is 4.15. The molecular formula is C13H15NO3. The molecule has 1 aliphatic rings. The van der Waals surface area contributed by atoms with Crippen LogP contribution in [0.5, 0.6) is 5.75 Å². The highest BCUT2D eigenvalue weighted by molar-refractivity contribution is 5.94. The van der Waals surface area contributed by atoms with Crippen LogP contribution in [0, 0.1) is 0 Å². The lowest BCUT2D eigenvalue weighted by Gasteiger charge is -2.10. The standard InChI is InChI=1S/C13H15NO3/c1-9-7-13(17-14-9)8-16-12-5-3-11(4-6-12)10(2)15/h3-6,13H,7-8H2,1-2H3. The van der Waals surface area contributed by atoms with E-state index in [4.69, 9.17) is 9.57 Å². The average molecular weight is 233 g/mol. The predicted molar refractivity (Wildman–Crippen MR) is 64.5 cm³/mol. The fraction of sp³-hybridized carbons (Fsp3) is 0.385. The maximum absolute atomic E-state index is 11.1. The van der Waals surface area contributed by atoms with E-state index >= 15 is 0 Å². The zero-order chi connectivity index (χ0) is 12.3. The van der Waals surface area contributed by atoms with Crippen molar-refractivity contribution in [3.05, 3.63) is 29.8 Å². The van der Waals surface area contributed by atoms with Crippen molar-refractivity contribution in [2.75, 3.05) is 6.61 Å². The summed E-state index contributed by atoms with van der Waals surface area (Å²) in [6, 6.07) is 7.10. The molecule has 4 heteroatoms. The molecule has 1 unspecified atom stereocenters. The summed E-state index contributed by atoms with van der Waals surface area (Å²) in [6.45, 7) is 3.95. The van der Waals surface area contributed by atoms with Crippen molar-refractivity contribution in [1.82, 2.24) is 0 Å². The molecule has 0 bridgehead atoms. The number of Topliss-reactive ketones (excluding diaryl/α,β-unsaturated/α-hetero) is 1. The Morgan fingerprint density at radius 3 is 2.71 bits per heavy atom. The van der Waals surface area contributed by atoms with E-state index in [2.05, 4.69) is 5.16 Å². The molecule has 1 heterocycles. The minimum Gasteiger partial charge on any atom is -0.490 e. The van der Waals surface area contributed by atoms with Crippen molar-refractivity contribution >= 4 is 11.5 Å². The van der Waals surface area contributed by atoms with E-state index in [9.17, 15) is 4.79 Å². The van der Waals surface area contributed by atoms with Crippen molar-refractivity contribution in [3.8, 4) is 5.75 Å². The van der Waals surface area contributed by atoms with E-state index in [0.717, 1.165) is 17.9 Å². The molecule has 0 fully saturated rings. The number of carbonyl (C=O) groups excluding carboxylic acids is 1. The lowest BCUT2D eigenvalue weighted by Crippen LogP contribution is -2.17. The monoisotopic (exact) mass is 233 g/mol. The molecule has 1 aliphatic heterocycles. The molecule has 1 atom stereocenters. The Labute approximate surface area is 100 Å². The van der Waals surface area contributed by atoms with Gasteiger partial charge in [-0.05, 0) is 38.1 Å². The first-order valence-electron chi connectivity index (χ1n) is 5.58. The lowest BCUT2D eigenvalue weighted by atomic mass is 10.1. The molecule has 0 N–H and O–H groups in total. The fourth-order valence-electron chi connectivity index (χ4n) is 1.63. The number of oxime groups is 1. The van der Waals surface area contributed by atoms with Crippen LogP contribution >= 0.6 is 0 Å². The number of carbonyl (C=O) groups is 1. The van der Waals surface area contributed by atoms with E-state index in [1.807, 2.05) is 6.92 Å². The van der Waals surface area contributed by atoms with E-state index < -0.39 is 0 Å². The smallest absolute Gasteiger partial charge is 0.166 e. The Bertz CT molecular complexity index is 436. The van der Waals surface area contributed by atoms with Gasteiger partial charge in [0.15, 0.2) is 11.9 Å². The quantitative estimate of drug-likeness (QED) is 0.750. The van der Waals surface area contributed by atoms with Crippen LogP contribution < -0.4 is 4.74 Å². The van der Waals surface area contributed by atoms with Crippen molar-refractivity contribution in [2.45, 2.75) is 26.4 Å². The molecule has 0 saturated heterocycles. The van der Waals surface area contributed by atoms with Gasteiger partial charge in [0, 0.05) is 12.0 Å². The third-order valence-electron chi connectivity index (χ3n) is 2.58. The normalized spacial score (nSPS) is 18.5. The topological polar surface area (TPSA) is 47.9 Å². The summed E-state index contributed by atoms with van der Waals surface area (Å²) < 4.78 is 5.56. The second kappa shape index (κ2) is 4.99. The Hall–Kier alpha value is -1.84. The third-order valence-corrected chi connectivity index (χ3v) is 2.58. The van der Waals surface area contributed by atoms with Crippen LogP contribution in [0.3, 0.4) is 0 Å². The van der Waals surface area contributed by atoms with E-state index in [0.29, 0.717) is 12.2 Å². The Kier molecular flexibility index (Phi) is 3.42. The summed E-state index contributed by atoms with van der Waals surface area (Å²) >= 11 is 0. The molecule has 2 rings (SSSR count). The van der Waals surface area contributed by atoms with Crippen LogP contribution in [0.25, 0.3) is 0 Å². The first kappa shape index (κ1) is 11.6. The van der Waals surface area contributed by atoms with Crippen molar-refractivity contribution < 1.29 is 14.4 Å². The molecular weight excluding hydrogens is 218 g/mol. The molecule has 0 saturated carbocycles. The zero-order valence-corrected chi connectivity index (χ0v) is 9.97. The maximum atomic E-state index is 11.1. The summed E-state index contributed by atoms with van der Waals surface area (Å²) in [4.78, 5) is 16.2. The van der Waals surface area contributed by atoms with Gasteiger partial charge >= 0.3 is 0 Å². The minimum atomic E-state index is 0.00230. The molecule has 0 spiro atoms. The highest BCUT2D eigenvalue weighted by Crippen LogP contribution is 2.15. The molecule has 0 aliphatic carbocycles. The fourth-order valence-corrected chi connectivity index (χ4v) is 1.63. The molecule has 1 aromatic carbocycles. The van der Waals surface area contributed by atoms with Crippen LogP contribution in [-0.4, -0.2) is 24.2 Å². The number of hydrogen-bond acceptors (Lipinski definition) is 4. The van der Waals surface area contributed by atoms with Crippen LogP contribution in [0.15, 0.2) is 29.4 Å². The van der Waals surface area contributed by atoms with E-state index in [-0.39, 0.29) is 11.9 Å². The van der Waals surface area contributed by atoms with E-state index in [1.54, 1.807) is 31.2 Å². The number of rotatable bonds is 4. The summed E-state index contributed by atoms with van der Waals surface area (Å²) in [5.74, 6) is 0.794. The van der Waals surface area contributed by atoms with Gasteiger partial charge in [0.05, 0.1) is 5.71 Å². The van der Waals surface area contributed by atoms with Crippen LogP contribution in [-0.2, 0) is 4.84 Å². The van der Waals surface area contributed by atoms with Gasteiger partial charge in [0.25, 0.3) is 0 Å². The van der Waals surface area contributed by atoms with Gasteiger partial charge in [-0.2, -0.15) is 0 Å². The molecule has 0 radical (unpaired) electrons. The van der Waals surface area contributed by atoms with Crippen LogP contribution in [0.1, 0.15) is 30.6 Å². The minimum absolute atomic E-state index is 0.00230. The van der Waals surface area contributed by atoms with Crippen molar-refractivity contribution in [1.29, 1.82) is 0 Å². The van der Waals surface area contributed by atoms with Crippen molar-refractivity contribution in [2.24, 2.45) is 5.16 Å². The summed E-state index contributed by atoms with van der Waals surface area (Å²) in [5, 5.41) is 3.86. The van der Waals surface area contributed by atoms with Gasteiger partial charge in [0.2, 0.25) is 0 Å². The Morgan fingerprint density at radius 2 is 2.18 bits per heavy atom. The Balaban J connectivity index is 1.85. The van der Waals surface area contributed by atoms with Crippen LogP contribution in [0.4, 0.5) is 0 Å². The van der Waals surface area contributed by atoms with Gasteiger partial charge in [-0.3, -0.25) is 4.79 Å². The van der Waals surface area contributed by atoms with Gasteiger partial charge in [-0.1, -0.05) is 5.16 Å². The van der Waals surface area contributed by atoms with Gasteiger partial charge < -0.3 is 9.57 Å². The molecule has 90 valence electrons. The van der Waals surface area contributed by atoms with E-state index in [1.165, 1.54) is 0 Å². The molecule has 4 nitrogen and oxygen atoms in total. The molecule has 17 heavy (non-hydrogen) atoms. The number of benzene rings is 1. The molecule has 1 aromatic rings. The molecule has 0 aromatic heterocycles. The maximum Gasteiger partial charge on any atom is 0.166 e. The second-order valence-corrected chi connectivity index (χ2v) is 4.15. The SMILES string of the molecule is CC(=O)c1ccc(OCC2CC(C)=NO2)cc1. The van der Waals surface area contributed by atoms with Crippen LogP contribution in [0.2, 0.25) is 0 Å².